The van der Waals surface area contributed by atoms with Crippen molar-refractivity contribution in [1.29, 1.82) is 0 Å². The summed E-state index contributed by atoms with van der Waals surface area (Å²) in [5, 5.41) is 2.46. The zero-order valence-electron chi connectivity index (χ0n) is 12.4. The van der Waals surface area contributed by atoms with Gasteiger partial charge in [-0.1, -0.05) is 29.8 Å². The Morgan fingerprint density at radius 1 is 1.22 bits per heavy atom. The number of hydrogen-bond donors (Lipinski definition) is 0. The van der Waals surface area contributed by atoms with Gasteiger partial charge in [-0.25, -0.2) is 0 Å². The number of halogens is 1. The second-order valence-electron chi connectivity index (χ2n) is 4.89. The lowest BCUT2D eigenvalue weighted by Gasteiger charge is -2.14. The summed E-state index contributed by atoms with van der Waals surface area (Å²) in [5.41, 5.74) is 0. The van der Waals surface area contributed by atoms with Crippen LogP contribution in [0.4, 0.5) is 0 Å². The van der Waals surface area contributed by atoms with E-state index < -0.39 is 0 Å². The molecule has 4 nitrogen and oxygen atoms in total. The van der Waals surface area contributed by atoms with Crippen molar-refractivity contribution in [3.63, 3.8) is 0 Å². The van der Waals surface area contributed by atoms with Crippen LogP contribution in [0.15, 0.2) is 58.3 Å². The van der Waals surface area contributed by atoms with E-state index in [1.807, 2.05) is 29.6 Å². The van der Waals surface area contributed by atoms with E-state index in [2.05, 4.69) is 0 Å². The number of benzene rings is 1. The first-order valence-corrected chi connectivity index (χ1v) is 8.19. The van der Waals surface area contributed by atoms with E-state index in [4.69, 9.17) is 20.8 Å². The summed E-state index contributed by atoms with van der Waals surface area (Å²) in [6.07, 6.45) is 0. The molecule has 0 fully saturated rings. The average Bonchev–Trinajstić information content (AvgIpc) is 3.20. The summed E-state index contributed by atoms with van der Waals surface area (Å²) in [5.74, 6) is 0.735. The third kappa shape index (κ3) is 3.75. The van der Waals surface area contributed by atoms with Crippen LogP contribution in [0.2, 0.25) is 5.02 Å². The summed E-state index contributed by atoms with van der Waals surface area (Å²) in [4.78, 5) is 15.1. The molecule has 0 saturated heterocycles. The van der Waals surface area contributed by atoms with E-state index in [0.29, 0.717) is 17.3 Å². The largest absolute Gasteiger partial charge is 0.424 e. The van der Waals surface area contributed by atoms with E-state index in [-0.39, 0.29) is 17.6 Å². The molecule has 2 heterocycles. The van der Waals surface area contributed by atoms with Crippen LogP contribution in [0.25, 0.3) is 0 Å². The number of amides is 1. The van der Waals surface area contributed by atoms with Gasteiger partial charge < -0.3 is 14.1 Å². The second kappa shape index (κ2) is 6.89. The van der Waals surface area contributed by atoms with Gasteiger partial charge in [-0.15, -0.1) is 11.3 Å². The second-order valence-corrected chi connectivity index (χ2v) is 6.33. The Hall–Kier alpha value is -2.24. The quantitative estimate of drug-likeness (QED) is 0.648. The van der Waals surface area contributed by atoms with Crippen molar-refractivity contribution in [2.24, 2.45) is 0 Å². The number of carbonyl (C=O) groups excluding carboxylic acids is 1. The van der Waals surface area contributed by atoms with Gasteiger partial charge >= 0.3 is 0 Å². The molecule has 0 unspecified atom stereocenters. The Labute approximate surface area is 142 Å². The monoisotopic (exact) mass is 347 g/mol. The molecule has 118 valence electrons. The lowest BCUT2D eigenvalue weighted by molar-refractivity contribution is 0.0750. The van der Waals surface area contributed by atoms with Crippen LogP contribution in [0.1, 0.15) is 15.4 Å². The average molecular weight is 348 g/mol. The van der Waals surface area contributed by atoms with E-state index >= 15 is 0 Å². The van der Waals surface area contributed by atoms with Gasteiger partial charge in [0, 0.05) is 18.0 Å². The predicted molar refractivity (Wildman–Crippen MR) is 90.4 cm³/mol. The van der Waals surface area contributed by atoms with Crippen LogP contribution in [-0.2, 0) is 6.54 Å². The van der Waals surface area contributed by atoms with Crippen LogP contribution < -0.4 is 4.74 Å². The zero-order valence-corrected chi connectivity index (χ0v) is 13.9. The van der Waals surface area contributed by atoms with E-state index in [1.54, 1.807) is 47.5 Å². The van der Waals surface area contributed by atoms with Crippen LogP contribution >= 0.6 is 22.9 Å². The van der Waals surface area contributed by atoms with Crippen LogP contribution in [0.3, 0.4) is 0 Å². The highest BCUT2D eigenvalue weighted by Crippen LogP contribution is 2.30. The fourth-order valence-electron chi connectivity index (χ4n) is 2.02. The third-order valence-electron chi connectivity index (χ3n) is 3.16. The normalized spacial score (nSPS) is 10.5. The Morgan fingerprint density at radius 3 is 2.78 bits per heavy atom. The molecule has 6 heteroatoms. The number of para-hydroxylation sites is 1. The van der Waals surface area contributed by atoms with Crippen molar-refractivity contribution in [2.45, 2.75) is 6.54 Å². The minimum atomic E-state index is -0.201. The van der Waals surface area contributed by atoms with Crippen molar-refractivity contribution in [3.8, 4) is 11.7 Å². The topological polar surface area (TPSA) is 42.7 Å². The molecule has 3 aromatic rings. The van der Waals surface area contributed by atoms with E-state index in [1.165, 1.54) is 0 Å². The smallest absolute Gasteiger partial charge is 0.290 e. The van der Waals surface area contributed by atoms with Gasteiger partial charge in [-0.3, -0.25) is 4.79 Å². The Morgan fingerprint density at radius 2 is 2.04 bits per heavy atom. The predicted octanol–water partition coefficient (Wildman–Crippen LogP) is 5.06. The van der Waals surface area contributed by atoms with Crippen molar-refractivity contribution >= 4 is 28.8 Å². The summed E-state index contributed by atoms with van der Waals surface area (Å²) in [6, 6.07) is 14.2. The lowest BCUT2D eigenvalue weighted by Crippen LogP contribution is -2.25. The molecule has 0 spiro atoms. The van der Waals surface area contributed by atoms with E-state index in [0.717, 1.165) is 4.88 Å². The highest BCUT2D eigenvalue weighted by molar-refractivity contribution is 7.09. The Balaban J connectivity index is 1.68. The van der Waals surface area contributed by atoms with Gasteiger partial charge in [0.15, 0.2) is 5.76 Å². The molecule has 1 amide bonds. The van der Waals surface area contributed by atoms with Crippen molar-refractivity contribution in [1.82, 2.24) is 4.90 Å². The maximum Gasteiger partial charge on any atom is 0.290 e. The fraction of sp³-hybridized carbons (Fsp3) is 0.118. The summed E-state index contributed by atoms with van der Waals surface area (Å²) < 4.78 is 11.0. The summed E-state index contributed by atoms with van der Waals surface area (Å²) in [6.45, 7) is 0.540. The molecule has 0 saturated carbocycles. The number of rotatable bonds is 5. The first-order chi connectivity index (χ1) is 11.1. The first-order valence-electron chi connectivity index (χ1n) is 6.93. The number of hydrogen-bond acceptors (Lipinski definition) is 4. The number of thiophene rings is 1. The van der Waals surface area contributed by atoms with E-state index in [9.17, 15) is 4.79 Å². The van der Waals surface area contributed by atoms with Gasteiger partial charge in [-0.05, 0) is 29.6 Å². The maximum atomic E-state index is 12.4. The summed E-state index contributed by atoms with van der Waals surface area (Å²) in [7, 11) is 1.74. The molecule has 0 aliphatic rings. The Kier molecular flexibility index (Phi) is 4.69. The van der Waals surface area contributed by atoms with Gasteiger partial charge in [0.25, 0.3) is 11.9 Å². The molecule has 1 aromatic carbocycles. The standard InChI is InChI=1S/C17H14ClNO3S/c1-19(11-12-5-4-10-23-12)17(20)15-8-9-16(22-15)21-14-7-3-2-6-13(14)18/h2-10H,11H2,1H3. The van der Waals surface area contributed by atoms with Crippen LogP contribution in [0.5, 0.6) is 11.7 Å². The van der Waals surface area contributed by atoms with Crippen molar-refractivity contribution in [3.05, 3.63) is 69.6 Å². The molecule has 0 aliphatic heterocycles. The molecule has 0 bridgehead atoms. The molecule has 23 heavy (non-hydrogen) atoms. The molecule has 0 aliphatic carbocycles. The molecular formula is C17H14ClNO3S. The van der Waals surface area contributed by atoms with Gasteiger partial charge in [0.2, 0.25) is 0 Å². The SMILES string of the molecule is CN(Cc1cccs1)C(=O)c1ccc(Oc2ccccc2Cl)o1. The number of carbonyl (C=O) groups is 1. The molecule has 3 rings (SSSR count). The first kappa shape index (κ1) is 15.6. The molecule has 0 radical (unpaired) electrons. The fourth-order valence-corrected chi connectivity index (χ4v) is 2.95. The molecule has 0 atom stereocenters. The minimum absolute atomic E-state index is 0.201. The summed E-state index contributed by atoms with van der Waals surface area (Å²) >= 11 is 7.64. The van der Waals surface area contributed by atoms with Gasteiger partial charge in [0.05, 0.1) is 11.6 Å². The maximum absolute atomic E-state index is 12.4. The zero-order chi connectivity index (χ0) is 16.2. The number of ether oxygens (including phenoxy) is 1. The number of nitrogens with zero attached hydrogens (tertiary/aromatic N) is 1. The lowest BCUT2D eigenvalue weighted by atomic mass is 10.3. The van der Waals surface area contributed by atoms with Gasteiger partial charge in [0.1, 0.15) is 5.75 Å². The van der Waals surface area contributed by atoms with Crippen molar-refractivity contribution < 1.29 is 13.9 Å². The van der Waals surface area contributed by atoms with Gasteiger partial charge in [-0.2, -0.15) is 0 Å². The third-order valence-corrected chi connectivity index (χ3v) is 4.33. The highest BCUT2D eigenvalue weighted by Gasteiger charge is 2.17. The molecular weight excluding hydrogens is 334 g/mol. The van der Waals surface area contributed by atoms with Crippen molar-refractivity contribution in [2.75, 3.05) is 7.05 Å². The highest BCUT2D eigenvalue weighted by atomic mass is 35.5. The van der Waals surface area contributed by atoms with Crippen LogP contribution in [0, 0.1) is 0 Å². The van der Waals surface area contributed by atoms with Crippen LogP contribution in [-0.4, -0.2) is 17.9 Å². The molecule has 0 N–H and O–H groups in total. The molecule has 2 aromatic heterocycles. The minimum Gasteiger partial charge on any atom is -0.424 e. The number of furan rings is 1. The Bertz CT molecular complexity index is 798.